The number of halogens is 4. The van der Waals surface area contributed by atoms with E-state index in [-0.39, 0.29) is 29.4 Å². The second kappa shape index (κ2) is 9.08. The molecule has 0 amide bonds. The second-order valence-corrected chi connectivity index (χ2v) is 9.23. The first-order chi connectivity index (χ1) is 13.7. The predicted molar refractivity (Wildman–Crippen MR) is 113 cm³/mol. The lowest BCUT2D eigenvalue weighted by Gasteiger charge is -2.43. The molecule has 4 nitrogen and oxygen atoms in total. The molecular formula is C20H26BrF3N2O2S. The predicted octanol–water partition coefficient (Wildman–Crippen LogP) is 4.96. The highest BCUT2D eigenvalue weighted by atomic mass is 79.9. The quantitative estimate of drug-likeness (QED) is 0.461. The fourth-order valence-corrected chi connectivity index (χ4v) is 5.28. The van der Waals surface area contributed by atoms with Crippen LogP contribution in [-0.4, -0.2) is 49.8 Å². The Bertz CT molecular complexity index is 739. The van der Waals surface area contributed by atoms with Crippen LogP contribution in [-0.2, 0) is 15.9 Å². The fourth-order valence-electron chi connectivity index (χ4n) is 4.67. The molecule has 2 aliphatic carbocycles. The van der Waals surface area contributed by atoms with Crippen molar-refractivity contribution in [3.05, 3.63) is 33.8 Å². The van der Waals surface area contributed by atoms with Crippen molar-refractivity contribution in [1.82, 2.24) is 10.2 Å². The largest absolute Gasteiger partial charge is 0.406 e. The van der Waals surface area contributed by atoms with Crippen LogP contribution in [0.4, 0.5) is 13.2 Å². The lowest BCUT2D eigenvalue weighted by atomic mass is 9.68. The summed E-state index contributed by atoms with van der Waals surface area (Å²) in [5.74, 6) is 0. The molecule has 29 heavy (non-hydrogen) atoms. The normalized spacial score (nSPS) is 26.4. The molecule has 3 rings (SSSR count). The van der Waals surface area contributed by atoms with Crippen molar-refractivity contribution >= 4 is 33.3 Å². The highest BCUT2D eigenvalue weighted by Gasteiger charge is 2.48. The van der Waals surface area contributed by atoms with Crippen LogP contribution in [0.1, 0.15) is 42.9 Å². The number of nitrogens with zero attached hydrogens (tertiary/aromatic N) is 1. The van der Waals surface area contributed by atoms with Gasteiger partial charge < -0.3 is 19.7 Å². The maximum Gasteiger partial charge on any atom is 0.406 e. The molecule has 9 heteroatoms. The molecule has 2 aliphatic rings. The van der Waals surface area contributed by atoms with Gasteiger partial charge in [0, 0.05) is 18.7 Å². The summed E-state index contributed by atoms with van der Waals surface area (Å²) in [4.78, 5) is 1.03. The number of thiocarbonyl (C=S) groups is 1. The Labute approximate surface area is 183 Å². The molecule has 1 aromatic carbocycles. The molecule has 1 N–H and O–H groups in total. The first-order valence-electron chi connectivity index (χ1n) is 9.60. The molecule has 0 heterocycles. The van der Waals surface area contributed by atoms with E-state index in [2.05, 4.69) is 33.4 Å². The highest BCUT2D eigenvalue weighted by molar-refractivity contribution is 9.10. The Kier molecular flexibility index (Phi) is 7.13. The van der Waals surface area contributed by atoms with Gasteiger partial charge in [-0.3, -0.25) is 0 Å². The van der Waals surface area contributed by atoms with Crippen LogP contribution >= 0.6 is 28.1 Å². The summed E-state index contributed by atoms with van der Waals surface area (Å²) >= 11 is 8.93. The van der Waals surface area contributed by atoms with E-state index in [1.165, 1.54) is 12.7 Å². The van der Waals surface area contributed by atoms with Crippen molar-refractivity contribution in [3.63, 3.8) is 0 Å². The standard InChI is InChI=1S/C20H26BrF3N2O2S/c1-27-12-26(11-20(22,23)24)18(29)25-17-16-9-14(21)4-3-13(16)10-19(17)7-5-15(28-2)6-8-19/h3-4,9,15,17H,5-8,10-12H2,1-2H3,(H,25,29). The SMILES string of the molecule is COCN(CC(F)(F)F)C(=S)NC1c2cc(Br)ccc2CC12CCC(OC)CC2. The minimum atomic E-state index is -4.37. The van der Waals surface area contributed by atoms with Crippen molar-refractivity contribution in [2.75, 3.05) is 27.5 Å². The molecule has 1 atom stereocenters. The number of nitrogens with one attached hydrogen (secondary N) is 1. The van der Waals surface area contributed by atoms with E-state index in [1.54, 1.807) is 7.11 Å². The van der Waals surface area contributed by atoms with Crippen LogP contribution < -0.4 is 5.32 Å². The van der Waals surface area contributed by atoms with E-state index >= 15 is 0 Å². The third kappa shape index (κ3) is 5.24. The van der Waals surface area contributed by atoms with Crippen molar-refractivity contribution in [3.8, 4) is 0 Å². The lowest BCUT2D eigenvalue weighted by molar-refractivity contribution is -0.144. The summed E-state index contributed by atoms with van der Waals surface area (Å²) < 4.78 is 50.5. The third-order valence-corrected chi connectivity index (χ3v) is 6.91. The Hall–Kier alpha value is -0.900. The molecule has 0 saturated heterocycles. The van der Waals surface area contributed by atoms with E-state index in [9.17, 15) is 13.2 Å². The zero-order valence-corrected chi connectivity index (χ0v) is 18.9. The summed E-state index contributed by atoms with van der Waals surface area (Å²) in [5.41, 5.74) is 2.24. The maximum atomic E-state index is 13.0. The third-order valence-electron chi connectivity index (χ3n) is 6.05. The number of methoxy groups -OCH3 is 2. The molecular weight excluding hydrogens is 469 g/mol. The Morgan fingerprint density at radius 1 is 1.31 bits per heavy atom. The van der Waals surface area contributed by atoms with Gasteiger partial charge in [-0.25, -0.2) is 0 Å². The van der Waals surface area contributed by atoms with E-state index < -0.39 is 12.7 Å². The van der Waals surface area contributed by atoms with E-state index in [1.807, 2.05) is 6.07 Å². The average Bonchev–Trinajstić information content (AvgIpc) is 2.93. The zero-order chi connectivity index (χ0) is 21.2. The summed E-state index contributed by atoms with van der Waals surface area (Å²) in [6.07, 6.45) is 0.481. The monoisotopic (exact) mass is 494 g/mol. The van der Waals surface area contributed by atoms with Crippen LogP contribution in [0, 0.1) is 5.41 Å². The fraction of sp³-hybridized carbons (Fsp3) is 0.650. The molecule has 1 fully saturated rings. The van der Waals surface area contributed by atoms with Gasteiger partial charge in [0.25, 0.3) is 0 Å². The first kappa shape index (κ1) is 22.8. The Balaban J connectivity index is 1.86. The molecule has 0 radical (unpaired) electrons. The summed E-state index contributed by atoms with van der Waals surface area (Å²) in [6.45, 7) is -1.37. The van der Waals surface area contributed by atoms with Gasteiger partial charge in [-0.15, -0.1) is 0 Å². The smallest absolute Gasteiger partial charge is 0.381 e. The van der Waals surface area contributed by atoms with Crippen molar-refractivity contribution < 1.29 is 22.6 Å². The van der Waals surface area contributed by atoms with E-state index in [0.29, 0.717) is 0 Å². The van der Waals surface area contributed by atoms with Gasteiger partial charge in [0.1, 0.15) is 13.3 Å². The number of alkyl halides is 3. The van der Waals surface area contributed by atoms with Gasteiger partial charge >= 0.3 is 6.18 Å². The summed E-state index contributed by atoms with van der Waals surface area (Å²) in [5, 5.41) is 3.34. The van der Waals surface area contributed by atoms with Gasteiger partial charge in [-0.05, 0) is 73.0 Å². The van der Waals surface area contributed by atoms with Crippen molar-refractivity contribution in [2.45, 2.75) is 50.4 Å². The molecule has 0 bridgehead atoms. The minimum absolute atomic E-state index is 0.0650. The topological polar surface area (TPSA) is 33.7 Å². The van der Waals surface area contributed by atoms with Gasteiger partial charge in [-0.2, -0.15) is 13.2 Å². The molecule has 1 aromatic rings. The maximum absolute atomic E-state index is 13.0. The number of ether oxygens (including phenoxy) is 2. The molecule has 0 aromatic heterocycles. The summed E-state index contributed by atoms with van der Waals surface area (Å²) in [7, 11) is 3.09. The van der Waals surface area contributed by atoms with E-state index in [0.717, 1.165) is 47.0 Å². The number of hydrogen-bond acceptors (Lipinski definition) is 3. The van der Waals surface area contributed by atoms with Gasteiger partial charge in [0.15, 0.2) is 5.11 Å². The molecule has 1 spiro atoms. The number of hydrogen-bond donors (Lipinski definition) is 1. The molecule has 162 valence electrons. The molecule has 1 saturated carbocycles. The number of fused-ring (bicyclic) bond motifs is 1. The van der Waals surface area contributed by atoms with Crippen molar-refractivity contribution in [1.29, 1.82) is 0 Å². The first-order valence-corrected chi connectivity index (χ1v) is 10.8. The highest BCUT2D eigenvalue weighted by Crippen LogP contribution is 2.54. The lowest BCUT2D eigenvalue weighted by Crippen LogP contribution is -2.49. The second-order valence-electron chi connectivity index (χ2n) is 7.93. The Morgan fingerprint density at radius 3 is 2.59 bits per heavy atom. The molecule has 0 aliphatic heterocycles. The van der Waals surface area contributed by atoms with Gasteiger partial charge in [0.05, 0.1) is 12.1 Å². The van der Waals surface area contributed by atoms with E-state index in [4.69, 9.17) is 21.7 Å². The number of benzene rings is 1. The average molecular weight is 495 g/mol. The van der Waals surface area contributed by atoms with Crippen molar-refractivity contribution in [2.24, 2.45) is 5.41 Å². The van der Waals surface area contributed by atoms with Crippen LogP contribution in [0.25, 0.3) is 0 Å². The van der Waals surface area contributed by atoms with Crippen LogP contribution in [0.5, 0.6) is 0 Å². The van der Waals surface area contributed by atoms with Crippen LogP contribution in [0.2, 0.25) is 0 Å². The van der Waals surface area contributed by atoms with Gasteiger partial charge in [-0.1, -0.05) is 22.0 Å². The minimum Gasteiger partial charge on any atom is -0.381 e. The summed E-state index contributed by atoms with van der Waals surface area (Å²) in [6, 6.07) is 6.01. The molecule has 1 unspecified atom stereocenters. The zero-order valence-electron chi connectivity index (χ0n) is 16.5. The van der Waals surface area contributed by atoms with Gasteiger partial charge in [0.2, 0.25) is 0 Å². The number of rotatable bonds is 5. The van der Waals surface area contributed by atoms with Crippen LogP contribution in [0.15, 0.2) is 22.7 Å². The van der Waals surface area contributed by atoms with Crippen LogP contribution in [0.3, 0.4) is 0 Å². The Morgan fingerprint density at radius 2 is 2.00 bits per heavy atom.